The molecule has 1 heterocycles. The van der Waals surface area contributed by atoms with Crippen molar-refractivity contribution in [3.63, 3.8) is 0 Å². The highest BCUT2D eigenvalue weighted by Gasteiger charge is 2.15. The Morgan fingerprint density at radius 3 is 2.47 bits per heavy atom. The molecule has 6 nitrogen and oxygen atoms in total. The lowest BCUT2D eigenvalue weighted by Crippen LogP contribution is -2.02. The average molecular weight is 276 g/mol. The zero-order valence-electron chi connectivity index (χ0n) is 10.1. The third-order valence-electron chi connectivity index (χ3n) is 2.38. The van der Waals surface area contributed by atoms with E-state index in [0.29, 0.717) is 10.1 Å². The topological polar surface area (TPSA) is 115 Å². The van der Waals surface area contributed by atoms with Gasteiger partial charge in [0.2, 0.25) is 0 Å². The van der Waals surface area contributed by atoms with Gasteiger partial charge in [-0.25, -0.2) is 14.8 Å². The van der Waals surface area contributed by atoms with E-state index in [1.54, 1.807) is 6.07 Å². The molecule has 0 aliphatic rings. The quantitative estimate of drug-likeness (QED) is 0.732. The van der Waals surface area contributed by atoms with Gasteiger partial charge in [0, 0.05) is 11.0 Å². The number of carboxylic acids is 1. The molecule has 1 aromatic carbocycles. The van der Waals surface area contributed by atoms with Crippen LogP contribution < -0.4 is 11.5 Å². The number of nitrogen functional groups attached to an aromatic ring is 2. The highest BCUT2D eigenvalue weighted by atomic mass is 32.2. The van der Waals surface area contributed by atoms with Crippen LogP contribution in [0.2, 0.25) is 0 Å². The van der Waals surface area contributed by atoms with E-state index in [0.717, 1.165) is 17.3 Å². The zero-order chi connectivity index (χ0) is 14.0. The first-order valence-electron chi connectivity index (χ1n) is 5.38. The van der Waals surface area contributed by atoms with E-state index in [1.807, 2.05) is 13.0 Å². The molecule has 98 valence electrons. The van der Waals surface area contributed by atoms with Crippen LogP contribution >= 0.6 is 11.8 Å². The maximum absolute atomic E-state index is 11.2. The highest BCUT2D eigenvalue weighted by molar-refractivity contribution is 7.99. The van der Waals surface area contributed by atoms with Gasteiger partial charge < -0.3 is 16.6 Å². The van der Waals surface area contributed by atoms with Crippen LogP contribution in [0.15, 0.2) is 34.3 Å². The largest absolute Gasteiger partial charge is 0.478 e. The van der Waals surface area contributed by atoms with Crippen LogP contribution in [0.3, 0.4) is 0 Å². The number of carboxylic acid groups (broad SMARTS) is 1. The van der Waals surface area contributed by atoms with Crippen molar-refractivity contribution >= 4 is 29.4 Å². The molecule has 2 aromatic rings. The monoisotopic (exact) mass is 276 g/mol. The molecule has 0 atom stereocenters. The summed E-state index contributed by atoms with van der Waals surface area (Å²) in [6.45, 7) is 1.82. The lowest BCUT2D eigenvalue weighted by molar-refractivity contribution is 0.0693. The lowest BCUT2D eigenvalue weighted by Gasteiger charge is -2.08. The predicted molar refractivity (Wildman–Crippen MR) is 73.1 cm³/mol. The van der Waals surface area contributed by atoms with Gasteiger partial charge >= 0.3 is 5.97 Å². The molecule has 5 N–H and O–H groups in total. The lowest BCUT2D eigenvalue weighted by atomic mass is 10.1. The Morgan fingerprint density at radius 2 is 1.89 bits per heavy atom. The van der Waals surface area contributed by atoms with Crippen molar-refractivity contribution < 1.29 is 9.90 Å². The van der Waals surface area contributed by atoms with E-state index < -0.39 is 5.97 Å². The molecule has 0 aliphatic heterocycles. The first kappa shape index (κ1) is 13.2. The molecule has 19 heavy (non-hydrogen) atoms. The molecular formula is C12H12N4O2S. The van der Waals surface area contributed by atoms with Crippen LogP contribution in [-0.2, 0) is 0 Å². The minimum absolute atomic E-state index is 0.203. The first-order chi connectivity index (χ1) is 8.97. The molecule has 0 fully saturated rings. The second kappa shape index (κ2) is 5.15. The average Bonchev–Trinajstić information content (AvgIpc) is 2.30. The molecule has 0 unspecified atom stereocenters. The fourth-order valence-corrected chi connectivity index (χ4v) is 2.53. The number of aromatic nitrogens is 2. The number of carbonyl (C=O) groups is 1. The summed E-state index contributed by atoms with van der Waals surface area (Å²) in [5, 5.41) is 9.50. The summed E-state index contributed by atoms with van der Waals surface area (Å²) in [5.74, 6) is -0.496. The summed E-state index contributed by atoms with van der Waals surface area (Å²) in [4.78, 5) is 19.8. The van der Waals surface area contributed by atoms with Gasteiger partial charge in [0.05, 0.1) is 5.56 Å². The number of rotatable bonds is 3. The zero-order valence-corrected chi connectivity index (χ0v) is 10.9. The number of hydrogen-bond acceptors (Lipinski definition) is 6. The SMILES string of the molecule is Cc1cccc(C(=O)O)c1Sc1nc(N)cc(N)n1. The fraction of sp³-hybridized carbons (Fsp3) is 0.0833. The maximum atomic E-state index is 11.2. The Labute approximate surface area is 113 Å². The second-order valence-electron chi connectivity index (χ2n) is 3.86. The summed E-state index contributed by atoms with van der Waals surface area (Å²) in [6, 6.07) is 6.50. The van der Waals surface area contributed by atoms with E-state index in [4.69, 9.17) is 11.5 Å². The molecule has 0 saturated heterocycles. The molecule has 2 rings (SSSR count). The number of nitrogens with two attached hydrogens (primary N) is 2. The van der Waals surface area contributed by atoms with Gasteiger partial charge in [-0.15, -0.1) is 0 Å². The smallest absolute Gasteiger partial charge is 0.336 e. The summed E-state index contributed by atoms with van der Waals surface area (Å²) in [7, 11) is 0. The summed E-state index contributed by atoms with van der Waals surface area (Å²) >= 11 is 1.13. The fourth-order valence-electron chi connectivity index (χ4n) is 1.56. The summed E-state index contributed by atoms with van der Waals surface area (Å²) in [5.41, 5.74) is 12.2. The standard InChI is InChI=1S/C12H12N4O2S/c1-6-3-2-4-7(11(17)18)10(6)19-12-15-8(13)5-9(14)16-12/h2-5H,1H3,(H,17,18)(H4,13,14,15,16). The van der Waals surface area contributed by atoms with Crippen molar-refractivity contribution in [1.82, 2.24) is 9.97 Å². The van der Waals surface area contributed by atoms with Gasteiger partial charge in [-0.1, -0.05) is 12.1 Å². The molecule has 7 heteroatoms. The third-order valence-corrected chi connectivity index (χ3v) is 3.49. The normalized spacial score (nSPS) is 10.4. The van der Waals surface area contributed by atoms with Crippen molar-refractivity contribution in [2.24, 2.45) is 0 Å². The Balaban J connectivity index is 2.45. The molecule has 0 saturated carbocycles. The maximum Gasteiger partial charge on any atom is 0.336 e. The van der Waals surface area contributed by atoms with E-state index in [-0.39, 0.29) is 17.2 Å². The van der Waals surface area contributed by atoms with E-state index in [2.05, 4.69) is 9.97 Å². The predicted octanol–water partition coefficient (Wildman–Crippen LogP) is 1.80. The highest BCUT2D eigenvalue weighted by Crippen LogP contribution is 2.31. The molecule has 0 aliphatic carbocycles. The van der Waals surface area contributed by atoms with E-state index in [1.165, 1.54) is 12.1 Å². The number of aromatic carboxylic acids is 1. The Bertz CT molecular complexity index is 625. The van der Waals surface area contributed by atoms with Gasteiger partial charge in [0.15, 0.2) is 5.16 Å². The van der Waals surface area contributed by atoms with Gasteiger partial charge in [-0.2, -0.15) is 0 Å². The van der Waals surface area contributed by atoms with Crippen molar-refractivity contribution in [2.75, 3.05) is 11.5 Å². The first-order valence-corrected chi connectivity index (χ1v) is 6.20. The molecule has 0 amide bonds. The van der Waals surface area contributed by atoms with Crippen molar-refractivity contribution in [2.45, 2.75) is 17.0 Å². The number of anilines is 2. The number of nitrogens with zero attached hydrogens (tertiary/aromatic N) is 2. The summed E-state index contributed by atoms with van der Waals surface area (Å²) in [6.07, 6.45) is 0. The van der Waals surface area contributed by atoms with Gasteiger partial charge in [0.1, 0.15) is 11.6 Å². The summed E-state index contributed by atoms with van der Waals surface area (Å²) < 4.78 is 0. The Hall–Kier alpha value is -2.28. The van der Waals surface area contributed by atoms with Crippen LogP contribution in [0.1, 0.15) is 15.9 Å². The number of hydrogen-bond donors (Lipinski definition) is 3. The van der Waals surface area contributed by atoms with Crippen LogP contribution in [0.25, 0.3) is 0 Å². The molecular weight excluding hydrogens is 264 g/mol. The molecule has 0 spiro atoms. The number of aryl methyl sites for hydroxylation is 1. The molecule has 0 bridgehead atoms. The minimum Gasteiger partial charge on any atom is -0.478 e. The van der Waals surface area contributed by atoms with Crippen molar-refractivity contribution in [1.29, 1.82) is 0 Å². The third kappa shape index (κ3) is 2.94. The second-order valence-corrected chi connectivity index (χ2v) is 4.84. The van der Waals surface area contributed by atoms with Crippen LogP contribution in [0.4, 0.5) is 11.6 Å². The van der Waals surface area contributed by atoms with Crippen molar-refractivity contribution in [3.05, 3.63) is 35.4 Å². The van der Waals surface area contributed by atoms with Crippen LogP contribution in [0.5, 0.6) is 0 Å². The Kier molecular flexibility index (Phi) is 3.57. The van der Waals surface area contributed by atoms with Crippen LogP contribution in [0, 0.1) is 6.92 Å². The molecule has 1 aromatic heterocycles. The Morgan fingerprint density at radius 1 is 1.26 bits per heavy atom. The van der Waals surface area contributed by atoms with Gasteiger partial charge in [-0.05, 0) is 30.3 Å². The molecule has 0 radical (unpaired) electrons. The van der Waals surface area contributed by atoms with E-state index >= 15 is 0 Å². The van der Waals surface area contributed by atoms with Crippen molar-refractivity contribution in [3.8, 4) is 0 Å². The minimum atomic E-state index is -0.997. The van der Waals surface area contributed by atoms with E-state index in [9.17, 15) is 9.90 Å². The van der Waals surface area contributed by atoms with Gasteiger partial charge in [-0.3, -0.25) is 0 Å². The number of benzene rings is 1. The van der Waals surface area contributed by atoms with Gasteiger partial charge in [0.25, 0.3) is 0 Å². The van der Waals surface area contributed by atoms with Crippen LogP contribution in [-0.4, -0.2) is 21.0 Å².